The van der Waals surface area contributed by atoms with Crippen molar-refractivity contribution in [3.63, 3.8) is 0 Å². The van der Waals surface area contributed by atoms with Crippen LogP contribution in [0.5, 0.6) is 5.95 Å². The van der Waals surface area contributed by atoms with Crippen LogP contribution in [0.3, 0.4) is 0 Å². The summed E-state index contributed by atoms with van der Waals surface area (Å²) < 4.78 is 44.1. The minimum atomic E-state index is -4.31. The average Bonchev–Trinajstić information content (AvgIpc) is 2.84. The fraction of sp³-hybridized carbons (Fsp3) is 0.375. The molecule has 1 heterocycles. The van der Waals surface area contributed by atoms with Crippen molar-refractivity contribution in [2.75, 3.05) is 13.7 Å². The summed E-state index contributed by atoms with van der Waals surface area (Å²) in [6, 6.07) is 6.51. The van der Waals surface area contributed by atoms with Gasteiger partial charge in [0.1, 0.15) is 5.58 Å². The molecule has 0 saturated carbocycles. The SMILES string of the molecule is CCOc1cc2cc(C(C=C(C)C)N(C)S(=O)(=O)O)ccc2o1. The van der Waals surface area contributed by atoms with Crippen molar-refractivity contribution in [1.29, 1.82) is 0 Å². The molecule has 0 aliphatic carbocycles. The first kappa shape index (κ1) is 17.5. The van der Waals surface area contributed by atoms with Gasteiger partial charge in [0.15, 0.2) is 0 Å². The largest absolute Gasteiger partial charge is 0.465 e. The summed E-state index contributed by atoms with van der Waals surface area (Å²) in [6.07, 6.45) is 1.78. The van der Waals surface area contributed by atoms with Gasteiger partial charge in [0.05, 0.1) is 12.6 Å². The zero-order chi connectivity index (χ0) is 17.2. The van der Waals surface area contributed by atoms with Crippen LogP contribution in [0.15, 0.2) is 40.3 Å². The number of furan rings is 1. The molecular weight excluding hydrogens is 318 g/mol. The molecule has 0 fully saturated rings. The van der Waals surface area contributed by atoms with E-state index in [-0.39, 0.29) is 0 Å². The van der Waals surface area contributed by atoms with E-state index >= 15 is 0 Å². The molecule has 2 aromatic rings. The number of hydrogen-bond acceptors (Lipinski definition) is 4. The van der Waals surface area contributed by atoms with E-state index in [0.717, 1.165) is 20.8 Å². The molecule has 0 saturated heterocycles. The van der Waals surface area contributed by atoms with Crippen LogP contribution in [0.25, 0.3) is 11.0 Å². The topological polar surface area (TPSA) is 80.0 Å². The van der Waals surface area contributed by atoms with Gasteiger partial charge < -0.3 is 9.15 Å². The van der Waals surface area contributed by atoms with Crippen molar-refractivity contribution >= 4 is 21.3 Å². The van der Waals surface area contributed by atoms with Gasteiger partial charge in [-0.1, -0.05) is 17.7 Å². The number of fused-ring (bicyclic) bond motifs is 1. The molecule has 1 aromatic carbocycles. The Kier molecular flexibility index (Phi) is 5.13. The Morgan fingerprint density at radius 1 is 1.39 bits per heavy atom. The smallest absolute Gasteiger partial charge is 0.336 e. The van der Waals surface area contributed by atoms with Gasteiger partial charge in [-0.2, -0.15) is 12.7 Å². The number of hydrogen-bond donors (Lipinski definition) is 1. The highest BCUT2D eigenvalue weighted by atomic mass is 32.2. The summed E-state index contributed by atoms with van der Waals surface area (Å²) >= 11 is 0. The lowest BCUT2D eigenvalue weighted by Gasteiger charge is -2.23. The maximum atomic E-state index is 11.5. The first-order chi connectivity index (χ1) is 10.7. The molecule has 1 N–H and O–H groups in total. The van der Waals surface area contributed by atoms with Crippen LogP contribution in [0, 0.1) is 0 Å². The Labute approximate surface area is 136 Å². The number of ether oxygens (including phenoxy) is 1. The zero-order valence-corrected chi connectivity index (χ0v) is 14.4. The van der Waals surface area contributed by atoms with E-state index < -0.39 is 16.3 Å². The molecule has 0 radical (unpaired) electrons. The van der Waals surface area contributed by atoms with Crippen LogP contribution >= 0.6 is 0 Å². The lowest BCUT2D eigenvalue weighted by atomic mass is 10.0. The van der Waals surface area contributed by atoms with Crippen molar-refractivity contribution in [2.45, 2.75) is 26.8 Å². The molecule has 23 heavy (non-hydrogen) atoms. The van der Waals surface area contributed by atoms with Crippen LogP contribution in [0.4, 0.5) is 0 Å². The maximum Gasteiger partial charge on any atom is 0.336 e. The highest BCUT2D eigenvalue weighted by Gasteiger charge is 2.24. The average molecular weight is 339 g/mol. The van der Waals surface area contributed by atoms with Crippen LogP contribution < -0.4 is 4.74 Å². The van der Waals surface area contributed by atoms with Gasteiger partial charge in [-0.3, -0.25) is 4.55 Å². The molecule has 1 aromatic heterocycles. The molecule has 0 amide bonds. The standard InChI is InChI=1S/C16H21NO5S/c1-5-21-16-10-13-9-12(6-7-15(13)22-16)14(8-11(2)3)17(4)23(18,19)20/h6-10,14H,5H2,1-4H3,(H,18,19,20). The quantitative estimate of drug-likeness (QED) is 0.643. The van der Waals surface area contributed by atoms with E-state index in [1.54, 1.807) is 24.3 Å². The normalized spacial score (nSPS) is 13.3. The Morgan fingerprint density at radius 2 is 2.09 bits per heavy atom. The van der Waals surface area contributed by atoms with Crippen molar-refractivity contribution in [3.8, 4) is 5.95 Å². The van der Waals surface area contributed by atoms with E-state index in [1.807, 2.05) is 26.8 Å². The van der Waals surface area contributed by atoms with Gasteiger partial charge >= 0.3 is 10.3 Å². The van der Waals surface area contributed by atoms with E-state index in [4.69, 9.17) is 9.15 Å². The molecule has 6 nitrogen and oxygen atoms in total. The lowest BCUT2D eigenvalue weighted by Crippen LogP contribution is -2.29. The summed E-state index contributed by atoms with van der Waals surface area (Å²) in [5.41, 5.74) is 2.32. The predicted molar refractivity (Wildman–Crippen MR) is 88.9 cm³/mol. The van der Waals surface area contributed by atoms with Crippen molar-refractivity contribution < 1.29 is 22.1 Å². The monoisotopic (exact) mass is 339 g/mol. The molecule has 1 unspecified atom stereocenters. The molecule has 0 spiro atoms. The molecular formula is C16H21NO5S. The predicted octanol–water partition coefficient (Wildman–Crippen LogP) is 3.57. The Morgan fingerprint density at radius 3 is 2.65 bits per heavy atom. The minimum absolute atomic E-state index is 0.418. The zero-order valence-electron chi connectivity index (χ0n) is 13.6. The third-order valence-corrected chi connectivity index (χ3v) is 4.35. The van der Waals surface area contributed by atoms with Crippen LogP contribution in [0.2, 0.25) is 0 Å². The molecule has 7 heteroatoms. The Bertz CT molecular complexity index is 818. The minimum Gasteiger partial charge on any atom is -0.465 e. The highest BCUT2D eigenvalue weighted by molar-refractivity contribution is 7.83. The molecule has 0 bridgehead atoms. The molecule has 0 aliphatic heterocycles. The van der Waals surface area contributed by atoms with E-state index in [1.165, 1.54) is 7.05 Å². The second-order valence-electron chi connectivity index (χ2n) is 5.48. The van der Waals surface area contributed by atoms with Gasteiger partial charge in [-0.25, -0.2) is 0 Å². The highest BCUT2D eigenvalue weighted by Crippen LogP contribution is 2.31. The van der Waals surface area contributed by atoms with Gasteiger partial charge in [-0.05, 0) is 38.5 Å². The fourth-order valence-electron chi connectivity index (χ4n) is 2.31. The summed E-state index contributed by atoms with van der Waals surface area (Å²) in [5, 5.41) is 0.807. The first-order valence-corrected chi connectivity index (χ1v) is 8.64. The fourth-order valence-corrected chi connectivity index (χ4v) is 2.77. The van der Waals surface area contributed by atoms with Crippen LogP contribution in [-0.4, -0.2) is 30.9 Å². The third-order valence-electron chi connectivity index (χ3n) is 3.39. The molecule has 126 valence electrons. The van der Waals surface area contributed by atoms with Crippen LogP contribution in [-0.2, 0) is 10.3 Å². The number of likely N-dealkylation sites (N-methyl/N-ethyl adjacent to an activating group) is 1. The number of allylic oxidation sites excluding steroid dienone is 1. The summed E-state index contributed by atoms with van der Waals surface area (Å²) in [5.74, 6) is 0.418. The Balaban J connectivity index is 2.50. The third kappa shape index (κ3) is 4.13. The van der Waals surface area contributed by atoms with Gasteiger partial charge in [-0.15, -0.1) is 0 Å². The van der Waals surface area contributed by atoms with Crippen molar-refractivity contribution in [3.05, 3.63) is 41.5 Å². The summed E-state index contributed by atoms with van der Waals surface area (Å²) in [4.78, 5) is 0. The van der Waals surface area contributed by atoms with E-state index in [9.17, 15) is 13.0 Å². The van der Waals surface area contributed by atoms with Gasteiger partial charge in [0, 0.05) is 18.5 Å². The van der Waals surface area contributed by atoms with Crippen molar-refractivity contribution in [1.82, 2.24) is 4.31 Å². The van der Waals surface area contributed by atoms with E-state index in [0.29, 0.717) is 18.1 Å². The van der Waals surface area contributed by atoms with Crippen molar-refractivity contribution in [2.24, 2.45) is 0 Å². The van der Waals surface area contributed by atoms with Crippen LogP contribution in [0.1, 0.15) is 32.4 Å². The Hall–Kier alpha value is -1.83. The number of benzene rings is 1. The van der Waals surface area contributed by atoms with Gasteiger partial charge in [0.2, 0.25) is 0 Å². The lowest BCUT2D eigenvalue weighted by molar-refractivity contribution is 0.265. The molecule has 0 aliphatic rings. The van der Waals surface area contributed by atoms with Gasteiger partial charge in [0.25, 0.3) is 5.95 Å². The second-order valence-corrected chi connectivity index (χ2v) is 6.95. The first-order valence-electron chi connectivity index (χ1n) is 7.24. The second kappa shape index (κ2) is 6.74. The number of nitrogens with zero attached hydrogens (tertiary/aromatic N) is 1. The molecule has 2 rings (SSSR count). The maximum absolute atomic E-state index is 11.5. The van der Waals surface area contributed by atoms with E-state index in [2.05, 4.69) is 0 Å². The molecule has 1 atom stereocenters. The summed E-state index contributed by atoms with van der Waals surface area (Å²) in [7, 11) is -2.97. The summed E-state index contributed by atoms with van der Waals surface area (Å²) in [6.45, 7) is 6.10. The number of rotatable bonds is 6.